The highest BCUT2D eigenvalue weighted by molar-refractivity contribution is 9.10. The van der Waals surface area contributed by atoms with Crippen LogP contribution in [0.25, 0.3) is 0 Å². The van der Waals surface area contributed by atoms with E-state index in [9.17, 15) is 8.78 Å². The largest absolute Gasteiger partial charge is 0.434 e. The number of alkyl halides is 2. The third kappa shape index (κ3) is 4.08. The quantitative estimate of drug-likeness (QED) is 0.777. The van der Waals surface area contributed by atoms with Crippen molar-refractivity contribution in [2.75, 3.05) is 5.32 Å². The van der Waals surface area contributed by atoms with Crippen LogP contribution in [0, 0.1) is 0 Å². The number of hydrogen-bond donors (Lipinski definition) is 1. The molecule has 0 saturated carbocycles. The molecule has 0 spiro atoms. The Labute approximate surface area is 128 Å². The average molecular weight is 363 g/mol. The predicted octanol–water partition coefficient (Wildman–Crippen LogP) is 5.32. The van der Waals surface area contributed by atoms with E-state index in [4.69, 9.17) is 11.6 Å². The highest BCUT2D eigenvalue weighted by atomic mass is 79.9. The molecule has 0 unspecified atom stereocenters. The second-order valence-electron chi connectivity index (χ2n) is 3.96. The Morgan fingerprint density at radius 2 is 1.95 bits per heavy atom. The van der Waals surface area contributed by atoms with Crippen LogP contribution in [-0.2, 0) is 6.54 Å². The fraction of sp³-hybridized carbons (Fsp3) is 0.143. The van der Waals surface area contributed by atoms with Crippen LogP contribution < -0.4 is 10.1 Å². The molecule has 0 bridgehead atoms. The van der Waals surface area contributed by atoms with Gasteiger partial charge < -0.3 is 10.1 Å². The molecule has 2 nitrogen and oxygen atoms in total. The van der Waals surface area contributed by atoms with Crippen molar-refractivity contribution in [3.8, 4) is 5.75 Å². The topological polar surface area (TPSA) is 21.3 Å². The average Bonchev–Trinajstić information content (AvgIpc) is 2.40. The number of hydrogen-bond acceptors (Lipinski definition) is 2. The van der Waals surface area contributed by atoms with Gasteiger partial charge in [-0.1, -0.05) is 23.7 Å². The monoisotopic (exact) mass is 361 g/mol. The van der Waals surface area contributed by atoms with E-state index in [1.54, 1.807) is 6.07 Å². The molecule has 0 fully saturated rings. The maximum atomic E-state index is 12.3. The number of para-hydroxylation sites is 1. The number of nitrogens with one attached hydrogen (secondary N) is 1. The summed E-state index contributed by atoms with van der Waals surface area (Å²) in [7, 11) is 0. The van der Waals surface area contributed by atoms with Crippen molar-refractivity contribution in [2.24, 2.45) is 0 Å². The summed E-state index contributed by atoms with van der Waals surface area (Å²) in [4.78, 5) is 0. The molecule has 0 radical (unpaired) electrons. The lowest BCUT2D eigenvalue weighted by atomic mass is 10.2. The third-order valence-electron chi connectivity index (χ3n) is 2.58. The Balaban J connectivity index is 2.16. The molecule has 6 heteroatoms. The first-order valence-corrected chi connectivity index (χ1v) is 6.95. The van der Waals surface area contributed by atoms with Crippen LogP contribution in [0.5, 0.6) is 5.75 Å². The Morgan fingerprint density at radius 1 is 1.20 bits per heavy atom. The zero-order valence-electron chi connectivity index (χ0n) is 10.2. The van der Waals surface area contributed by atoms with Crippen LogP contribution in [0.4, 0.5) is 14.5 Å². The molecule has 1 N–H and O–H groups in total. The summed E-state index contributed by atoms with van der Waals surface area (Å²) in [6.45, 7) is -2.54. The van der Waals surface area contributed by atoms with Crippen LogP contribution in [0.1, 0.15) is 5.56 Å². The van der Waals surface area contributed by atoms with Crippen LogP contribution in [0.3, 0.4) is 0 Å². The summed E-state index contributed by atoms with van der Waals surface area (Å²) in [5, 5.41) is 3.61. The molecule has 0 saturated heterocycles. The summed E-state index contributed by atoms with van der Waals surface area (Å²) < 4.78 is 30.1. The van der Waals surface area contributed by atoms with Crippen LogP contribution in [0.2, 0.25) is 5.02 Å². The van der Waals surface area contributed by atoms with E-state index >= 15 is 0 Å². The van der Waals surface area contributed by atoms with Crippen LogP contribution >= 0.6 is 27.5 Å². The first-order valence-electron chi connectivity index (χ1n) is 5.78. The van der Waals surface area contributed by atoms with Crippen molar-refractivity contribution in [3.63, 3.8) is 0 Å². The van der Waals surface area contributed by atoms with E-state index in [2.05, 4.69) is 26.0 Å². The molecule has 0 amide bonds. The van der Waals surface area contributed by atoms with Gasteiger partial charge in [0.05, 0.1) is 0 Å². The van der Waals surface area contributed by atoms with E-state index in [1.165, 1.54) is 12.1 Å². The van der Waals surface area contributed by atoms with Crippen molar-refractivity contribution < 1.29 is 13.5 Å². The molecule has 20 heavy (non-hydrogen) atoms. The molecule has 106 valence electrons. The molecule has 0 aliphatic carbocycles. The van der Waals surface area contributed by atoms with Gasteiger partial charge in [-0.25, -0.2) is 0 Å². The number of ether oxygens (including phenoxy) is 1. The Hall–Kier alpha value is -1.33. The van der Waals surface area contributed by atoms with E-state index in [0.29, 0.717) is 17.1 Å². The van der Waals surface area contributed by atoms with Gasteiger partial charge in [-0.15, -0.1) is 0 Å². The SMILES string of the molecule is FC(F)Oc1ccc(Cl)cc1CNc1ccccc1Br. The van der Waals surface area contributed by atoms with Gasteiger partial charge in [0.1, 0.15) is 5.75 Å². The molecule has 2 aromatic carbocycles. The molecule has 0 aromatic heterocycles. The molecule has 2 rings (SSSR count). The van der Waals surface area contributed by atoms with Crippen molar-refractivity contribution >= 4 is 33.2 Å². The minimum absolute atomic E-state index is 0.115. The fourth-order valence-electron chi connectivity index (χ4n) is 1.69. The highest BCUT2D eigenvalue weighted by Gasteiger charge is 2.10. The highest BCUT2D eigenvalue weighted by Crippen LogP contribution is 2.27. The number of anilines is 1. The van der Waals surface area contributed by atoms with Gasteiger partial charge in [0, 0.05) is 27.3 Å². The predicted molar refractivity (Wildman–Crippen MR) is 79.6 cm³/mol. The Morgan fingerprint density at radius 3 is 2.65 bits per heavy atom. The molecular formula is C14H11BrClF2NO. The van der Waals surface area contributed by atoms with E-state index in [-0.39, 0.29) is 5.75 Å². The molecule has 2 aromatic rings. The maximum absolute atomic E-state index is 12.3. The maximum Gasteiger partial charge on any atom is 0.387 e. The second-order valence-corrected chi connectivity index (χ2v) is 5.25. The van der Waals surface area contributed by atoms with Gasteiger partial charge in [-0.2, -0.15) is 8.78 Å². The summed E-state index contributed by atoms with van der Waals surface area (Å²) in [5.74, 6) is 0.115. The van der Waals surface area contributed by atoms with Crippen molar-refractivity contribution in [2.45, 2.75) is 13.2 Å². The lowest BCUT2D eigenvalue weighted by Gasteiger charge is -2.13. The van der Waals surface area contributed by atoms with E-state index in [1.807, 2.05) is 24.3 Å². The second kappa shape index (κ2) is 6.90. The standard InChI is InChI=1S/C14H11BrClF2NO/c15-11-3-1-2-4-12(11)19-8-9-7-10(16)5-6-13(9)20-14(17)18/h1-7,14,19H,8H2. The van der Waals surface area contributed by atoms with Crippen LogP contribution in [-0.4, -0.2) is 6.61 Å². The fourth-order valence-corrected chi connectivity index (χ4v) is 2.31. The summed E-state index contributed by atoms with van der Waals surface area (Å²) in [6.07, 6.45) is 0. The van der Waals surface area contributed by atoms with E-state index in [0.717, 1.165) is 10.2 Å². The zero-order valence-corrected chi connectivity index (χ0v) is 12.6. The van der Waals surface area contributed by atoms with Gasteiger partial charge in [0.15, 0.2) is 0 Å². The Bertz CT molecular complexity index is 595. The lowest BCUT2D eigenvalue weighted by molar-refractivity contribution is -0.0504. The zero-order chi connectivity index (χ0) is 14.5. The van der Waals surface area contributed by atoms with Crippen molar-refractivity contribution in [3.05, 3.63) is 57.5 Å². The smallest absolute Gasteiger partial charge is 0.387 e. The van der Waals surface area contributed by atoms with Crippen molar-refractivity contribution in [1.82, 2.24) is 0 Å². The molecule has 0 aliphatic heterocycles. The van der Waals surface area contributed by atoms with Crippen LogP contribution in [0.15, 0.2) is 46.9 Å². The summed E-state index contributed by atoms with van der Waals surface area (Å²) >= 11 is 9.29. The van der Waals surface area contributed by atoms with Crippen molar-refractivity contribution in [1.29, 1.82) is 0 Å². The first-order chi connectivity index (χ1) is 9.56. The van der Waals surface area contributed by atoms with Gasteiger partial charge in [0.25, 0.3) is 0 Å². The number of benzene rings is 2. The van der Waals surface area contributed by atoms with Gasteiger partial charge in [0.2, 0.25) is 0 Å². The molecular weight excluding hydrogens is 352 g/mol. The number of rotatable bonds is 5. The first kappa shape index (κ1) is 15.1. The van der Waals surface area contributed by atoms with Gasteiger partial charge >= 0.3 is 6.61 Å². The third-order valence-corrected chi connectivity index (χ3v) is 3.51. The number of halogens is 4. The lowest BCUT2D eigenvalue weighted by Crippen LogP contribution is -2.07. The minimum atomic E-state index is -2.86. The minimum Gasteiger partial charge on any atom is -0.434 e. The van der Waals surface area contributed by atoms with Gasteiger partial charge in [-0.3, -0.25) is 0 Å². The normalized spacial score (nSPS) is 10.7. The molecule has 0 aliphatic rings. The van der Waals surface area contributed by atoms with Gasteiger partial charge in [-0.05, 0) is 46.3 Å². The molecule has 0 atom stereocenters. The molecule has 0 heterocycles. The summed E-state index contributed by atoms with van der Waals surface area (Å²) in [5.41, 5.74) is 1.42. The summed E-state index contributed by atoms with van der Waals surface area (Å²) in [6, 6.07) is 12.1. The Kier molecular flexibility index (Phi) is 5.20. The van der Waals surface area contributed by atoms with E-state index < -0.39 is 6.61 Å².